The highest BCUT2D eigenvalue weighted by atomic mass is 16.3. The van der Waals surface area contributed by atoms with Crippen LogP contribution in [0.1, 0.15) is 16.4 Å². The van der Waals surface area contributed by atoms with E-state index in [1.54, 1.807) is 38.4 Å². The lowest BCUT2D eigenvalue weighted by atomic mass is 10.2. The molecule has 1 aromatic carbocycles. The molecule has 0 unspecified atom stereocenters. The molecule has 0 fully saturated rings. The third-order valence-electron chi connectivity index (χ3n) is 2.82. The van der Waals surface area contributed by atoms with Gasteiger partial charge in [-0.15, -0.1) is 0 Å². The molecule has 0 aliphatic heterocycles. The number of hydrogen-bond donors (Lipinski definition) is 2. The summed E-state index contributed by atoms with van der Waals surface area (Å²) in [4.78, 5) is 16.3. The van der Waals surface area contributed by atoms with Gasteiger partial charge in [-0.3, -0.25) is 9.48 Å². The van der Waals surface area contributed by atoms with Crippen LogP contribution >= 0.6 is 0 Å². The van der Waals surface area contributed by atoms with Crippen LogP contribution < -0.4 is 11.1 Å². The monoisotopic (exact) mass is 271 g/mol. The lowest BCUT2D eigenvalue weighted by molar-refractivity contribution is 0.102. The second-order valence-electron chi connectivity index (χ2n) is 4.48. The van der Waals surface area contributed by atoms with Gasteiger partial charge in [-0.05, 0) is 18.2 Å². The minimum atomic E-state index is -0.359. The minimum Gasteiger partial charge on any atom is -0.441 e. The number of nitrogens with one attached hydrogen (secondary N) is 1. The van der Waals surface area contributed by atoms with Crippen molar-refractivity contribution in [2.24, 2.45) is 7.05 Å². The number of hydrogen-bond acceptors (Lipinski definition) is 5. The summed E-state index contributed by atoms with van der Waals surface area (Å²) in [5.41, 5.74) is 8.23. The largest absolute Gasteiger partial charge is 0.441 e. The fourth-order valence-electron chi connectivity index (χ4n) is 1.99. The molecule has 7 nitrogen and oxygen atoms in total. The number of oxazole rings is 1. The van der Waals surface area contributed by atoms with Gasteiger partial charge in [-0.1, -0.05) is 0 Å². The molecular weight excluding hydrogens is 258 g/mol. The van der Waals surface area contributed by atoms with Gasteiger partial charge in [0.05, 0.1) is 5.69 Å². The molecule has 0 atom stereocenters. The topological polar surface area (TPSA) is 99.0 Å². The molecule has 0 radical (unpaired) electrons. The Hall–Kier alpha value is -2.83. The summed E-state index contributed by atoms with van der Waals surface area (Å²) in [7, 11) is 1.71. The zero-order valence-corrected chi connectivity index (χ0v) is 11.0. The van der Waals surface area contributed by atoms with Crippen molar-refractivity contribution in [3.05, 3.63) is 36.0 Å². The number of amides is 1. The first-order valence-electron chi connectivity index (χ1n) is 6.00. The first-order valence-corrected chi connectivity index (χ1v) is 6.00. The van der Waals surface area contributed by atoms with E-state index in [0.717, 1.165) is 0 Å². The van der Waals surface area contributed by atoms with Crippen LogP contribution in [0.2, 0.25) is 0 Å². The van der Waals surface area contributed by atoms with Crippen LogP contribution in [0.4, 0.5) is 11.4 Å². The number of nitrogens with zero attached hydrogens (tertiary/aromatic N) is 3. The van der Waals surface area contributed by atoms with Crippen molar-refractivity contribution in [3.8, 4) is 0 Å². The summed E-state index contributed by atoms with van der Waals surface area (Å²) in [5, 5.41) is 6.76. The van der Waals surface area contributed by atoms with Crippen LogP contribution in [-0.4, -0.2) is 20.7 Å². The summed E-state index contributed by atoms with van der Waals surface area (Å²) < 4.78 is 6.87. The molecule has 2 aromatic heterocycles. The number of aromatic nitrogens is 3. The fourth-order valence-corrected chi connectivity index (χ4v) is 1.99. The number of nitrogen functional groups attached to an aromatic ring is 1. The predicted molar refractivity (Wildman–Crippen MR) is 74.3 cm³/mol. The van der Waals surface area contributed by atoms with Crippen molar-refractivity contribution >= 4 is 28.4 Å². The highest BCUT2D eigenvalue weighted by molar-refractivity contribution is 6.06. The maximum atomic E-state index is 12.1. The Bertz CT molecular complexity index is 802. The van der Waals surface area contributed by atoms with Crippen molar-refractivity contribution in [3.63, 3.8) is 0 Å². The average Bonchev–Trinajstić information content (AvgIpc) is 2.90. The van der Waals surface area contributed by atoms with E-state index in [2.05, 4.69) is 15.4 Å². The molecule has 0 spiro atoms. The maximum Gasteiger partial charge on any atom is 0.278 e. The Labute approximate surface area is 114 Å². The Morgan fingerprint density at radius 1 is 1.45 bits per heavy atom. The molecule has 0 bridgehead atoms. The molecule has 0 saturated heterocycles. The lowest BCUT2D eigenvalue weighted by Crippen LogP contribution is -2.14. The Balaban J connectivity index is 1.88. The molecule has 0 aliphatic carbocycles. The third-order valence-corrected chi connectivity index (χ3v) is 2.82. The third kappa shape index (κ3) is 2.09. The zero-order valence-electron chi connectivity index (χ0n) is 11.0. The molecular formula is C13H13N5O2. The summed E-state index contributed by atoms with van der Waals surface area (Å²) in [6, 6.07) is 5.24. The van der Waals surface area contributed by atoms with E-state index < -0.39 is 0 Å². The Morgan fingerprint density at radius 2 is 2.25 bits per heavy atom. The second kappa shape index (κ2) is 4.37. The molecule has 2 heterocycles. The normalized spacial score (nSPS) is 10.9. The molecule has 0 aliphatic rings. The highest BCUT2D eigenvalue weighted by Crippen LogP contribution is 2.20. The summed E-state index contributed by atoms with van der Waals surface area (Å²) in [6.07, 6.45) is 1.58. The van der Waals surface area contributed by atoms with E-state index in [1.807, 2.05) is 0 Å². The molecule has 102 valence electrons. The SMILES string of the molecule is Cc1nc2cc(NC(=O)c3nn(C)cc3N)ccc2o1. The number of anilines is 2. The molecule has 0 saturated carbocycles. The molecule has 20 heavy (non-hydrogen) atoms. The van der Waals surface area contributed by atoms with Crippen LogP contribution in [-0.2, 0) is 7.05 Å². The van der Waals surface area contributed by atoms with Crippen molar-refractivity contribution in [1.82, 2.24) is 14.8 Å². The predicted octanol–water partition coefficient (Wildman–Crippen LogP) is 1.70. The van der Waals surface area contributed by atoms with Gasteiger partial charge in [0, 0.05) is 25.9 Å². The quantitative estimate of drug-likeness (QED) is 0.739. The van der Waals surface area contributed by atoms with Gasteiger partial charge in [0.15, 0.2) is 17.2 Å². The first kappa shape index (κ1) is 12.2. The number of benzene rings is 1. The smallest absolute Gasteiger partial charge is 0.278 e. The molecule has 3 N–H and O–H groups in total. The van der Waals surface area contributed by atoms with Crippen molar-refractivity contribution < 1.29 is 9.21 Å². The standard InChI is InChI=1S/C13H13N5O2/c1-7-15-10-5-8(3-4-11(10)20-7)16-13(19)12-9(14)6-18(2)17-12/h3-6H,14H2,1-2H3,(H,16,19). The Kier molecular flexibility index (Phi) is 2.67. The molecule has 3 rings (SSSR count). The number of rotatable bonds is 2. The van der Waals surface area contributed by atoms with Crippen molar-refractivity contribution in [2.45, 2.75) is 6.92 Å². The van der Waals surface area contributed by atoms with Gasteiger partial charge in [-0.25, -0.2) is 4.98 Å². The average molecular weight is 271 g/mol. The molecule has 7 heteroatoms. The lowest BCUT2D eigenvalue weighted by Gasteiger charge is -2.03. The first-order chi connectivity index (χ1) is 9.52. The van der Waals surface area contributed by atoms with Crippen LogP contribution in [0.25, 0.3) is 11.1 Å². The number of aryl methyl sites for hydroxylation is 2. The Morgan fingerprint density at radius 3 is 2.95 bits per heavy atom. The van der Waals surface area contributed by atoms with Gasteiger partial charge in [0.25, 0.3) is 5.91 Å². The van der Waals surface area contributed by atoms with E-state index >= 15 is 0 Å². The van der Waals surface area contributed by atoms with E-state index in [0.29, 0.717) is 28.4 Å². The van der Waals surface area contributed by atoms with Gasteiger partial charge in [0.2, 0.25) is 0 Å². The van der Waals surface area contributed by atoms with Gasteiger partial charge in [-0.2, -0.15) is 5.10 Å². The van der Waals surface area contributed by atoms with E-state index in [9.17, 15) is 4.79 Å². The van der Waals surface area contributed by atoms with Crippen LogP contribution in [0.15, 0.2) is 28.8 Å². The number of nitrogens with two attached hydrogens (primary N) is 1. The maximum absolute atomic E-state index is 12.1. The van der Waals surface area contributed by atoms with Crippen LogP contribution in [0.3, 0.4) is 0 Å². The van der Waals surface area contributed by atoms with Crippen molar-refractivity contribution in [2.75, 3.05) is 11.1 Å². The number of carbonyl (C=O) groups is 1. The summed E-state index contributed by atoms with van der Waals surface area (Å²) in [6.45, 7) is 1.77. The second-order valence-corrected chi connectivity index (χ2v) is 4.48. The summed E-state index contributed by atoms with van der Waals surface area (Å²) in [5.74, 6) is 0.222. The van der Waals surface area contributed by atoms with Crippen LogP contribution in [0, 0.1) is 6.92 Å². The summed E-state index contributed by atoms with van der Waals surface area (Å²) >= 11 is 0. The van der Waals surface area contributed by atoms with E-state index in [4.69, 9.17) is 10.2 Å². The van der Waals surface area contributed by atoms with Gasteiger partial charge >= 0.3 is 0 Å². The van der Waals surface area contributed by atoms with Gasteiger partial charge < -0.3 is 15.5 Å². The molecule has 1 amide bonds. The van der Waals surface area contributed by atoms with Crippen LogP contribution in [0.5, 0.6) is 0 Å². The van der Waals surface area contributed by atoms with E-state index in [-0.39, 0.29) is 11.6 Å². The number of carbonyl (C=O) groups excluding carboxylic acids is 1. The minimum absolute atomic E-state index is 0.198. The highest BCUT2D eigenvalue weighted by Gasteiger charge is 2.14. The van der Waals surface area contributed by atoms with Gasteiger partial charge in [0.1, 0.15) is 5.52 Å². The zero-order chi connectivity index (χ0) is 14.3. The van der Waals surface area contributed by atoms with Crippen molar-refractivity contribution in [1.29, 1.82) is 0 Å². The number of fused-ring (bicyclic) bond motifs is 1. The van der Waals surface area contributed by atoms with E-state index in [1.165, 1.54) is 4.68 Å². The fraction of sp³-hybridized carbons (Fsp3) is 0.154. The molecule has 3 aromatic rings.